The Morgan fingerprint density at radius 3 is 2.88 bits per heavy atom. The lowest BCUT2D eigenvalue weighted by atomic mass is 10.1. The Balaban J connectivity index is 2.02. The monoisotopic (exact) mass is 350 g/mol. The van der Waals surface area contributed by atoms with Crippen LogP contribution in [0.25, 0.3) is 10.2 Å². The molecule has 2 N–H and O–H groups in total. The number of likely N-dealkylation sites (tertiary alicyclic amines) is 1. The van der Waals surface area contributed by atoms with E-state index < -0.39 is 0 Å². The Kier molecular flexibility index (Phi) is 4.98. The largest absolute Gasteiger partial charge is 0.480 e. The normalized spacial score (nSPS) is 18.2. The van der Waals surface area contributed by atoms with Gasteiger partial charge in [0.1, 0.15) is 11.4 Å². The minimum Gasteiger partial charge on any atom is -0.480 e. The van der Waals surface area contributed by atoms with Crippen LogP contribution in [0.3, 0.4) is 0 Å². The highest BCUT2D eigenvalue weighted by Gasteiger charge is 2.27. The molecule has 7 nitrogen and oxygen atoms in total. The Morgan fingerprint density at radius 1 is 1.42 bits per heavy atom. The fraction of sp³-hybridized carbons (Fsp3) is 0.562. The lowest BCUT2D eigenvalue weighted by Crippen LogP contribution is -2.45. The van der Waals surface area contributed by atoms with E-state index in [0.29, 0.717) is 29.7 Å². The fourth-order valence-electron chi connectivity index (χ4n) is 3.03. The topological polar surface area (TPSA) is 90.6 Å². The molecule has 1 saturated heterocycles. The van der Waals surface area contributed by atoms with Crippen molar-refractivity contribution in [3.63, 3.8) is 0 Å². The zero-order valence-corrected chi connectivity index (χ0v) is 15.0. The summed E-state index contributed by atoms with van der Waals surface area (Å²) in [4.78, 5) is 25.1. The molecule has 0 radical (unpaired) electrons. The van der Waals surface area contributed by atoms with E-state index in [1.165, 1.54) is 11.3 Å². The van der Waals surface area contributed by atoms with E-state index in [1.807, 2.05) is 11.8 Å². The van der Waals surface area contributed by atoms with Gasteiger partial charge in [0.15, 0.2) is 5.82 Å². The van der Waals surface area contributed by atoms with Crippen LogP contribution in [0.2, 0.25) is 0 Å². The van der Waals surface area contributed by atoms with Crippen molar-refractivity contribution >= 4 is 27.5 Å². The van der Waals surface area contributed by atoms with Gasteiger partial charge in [0.25, 0.3) is 5.91 Å². The molecule has 8 heteroatoms. The maximum absolute atomic E-state index is 12.9. The number of aryl methyl sites for hydroxylation is 1. The summed E-state index contributed by atoms with van der Waals surface area (Å²) in [5.74, 6) is 1.04. The summed E-state index contributed by atoms with van der Waals surface area (Å²) >= 11 is 1.38. The predicted molar refractivity (Wildman–Crippen MR) is 92.5 cm³/mol. The zero-order valence-electron chi connectivity index (χ0n) is 14.2. The van der Waals surface area contributed by atoms with Gasteiger partial charge in [0, 0.05) is 26.2 Å². The van der Waals surface area contributed by atoms with Gasteiger partial charge in [-0.25, -0.2) is 4.98 Å². The second-order valence-electron chi connectivity index (χ2n) is 5.97. The molecule has 3 heterocycles. The number of ether oxygens (including phenoxy) is 2. The van der Waals surface area contributed by atoms with E-state index >= 15 is 0 Å². The van der Waals surface area contributed by atoms with Crippen LogP contribution in [0.1, 0.15) is 33.9 Å². The van der Waals surface area contributed by atoms with Crippen molar-refractivity contribution in [3.8, 4) is 5.88 Å². The minimum atomic E-state index is 0.0148. The molecule has 1 amide bonds. The molecule has 0 saturated carbocycles. The minimum absolute atomic E-state index is 0.0148. The van der Waals surface area contributed by atoms with Crippen LogP contribution >= 0.6 is 11.3 Å². The van der Waals surface area contributed by atoms with Crippen LogP contribution in [0.15, 0.2) is 0 Å². The number of rotatable bonds is 4. The number of carbonyl (C=O) groups is 1. The number of thiophene rings is 1. The number of hydrogen-bond acceptors (Lipinski definition) is 7. The molecular weight excluding hydrogens is 328 g/mol. The van der Waals surface area contributed by atoms with Crippen LogP contribution in [-0.2, 0) is 11.3 Å². The Hall–Kier alpha value is -1.77. The molecule has 1 fully saturated rings. The van der Waals surface area contributed by atoms with E-state index in [0.717, 1.165) is 35.2 Å². The number of nitrogens with zero attached hydrogens (tertiary/aromatic N) is 3. The summed E-state index contributed by atoms with van der Waals surface area (Å²) in [7, 11) is 3.16. The zero-order chi connectivity index (χ0) is 17.3. The van der Waals surface area contributed by atoms with E-state index in [1.54, 1.807) is 14.2 Å². The molecule has 0 aromatic carbocycles. The highest BCUT2D eigenvalue weighted by Crippen LogP contribution is 2.36. The molecule has 2 aromatic heterocycles. The van der Waals surface area contributed by atoms with Crippen molar-refractivity contribution in [3.05, 3.63) is 16.3 Å². The lowest BCUT2D eigenvalue weighted by Gasteiger charge is -2.30. The summed E-state index contributed by atoms with van der Waals surface area (Å²) in [6, 6.07) is 0.0556. The quantitative estimate of drug-likeness (QED) is 0.903. The number of amides is 1. The Morgan fingerprint density at radius 2 is 2.21 bits per heavy atom. The van der Waals surface area contributed by atoms with E-state index in [-0.39, 0.29) is 11.9 Å². The van der Waals surface area contributed by atoms with Gasteiger partial charge in [-0.1, -0.05) is 0 Å². The van der Waals surface area contributed by atoms with Crippen molar-refractivity contribution in [1.82, 2.24) is 14.9 Å². The van der Waals surface area contributed by atoms with Gasteiger partial charge in [0.2, 0.25) is 5.88 Å². The van der Waals surface area contributed by atoms with Gasteiger partial charge in [0.05, 0.1) is 17.4 Å². The maximum atomic E-state index is 12.9. The highest BCUT2D eigenvalue weighted by atomic mass is 32.1. The Bertz CT molecular complexity index is 761. The number of hydrogen-bond donors (Lipinski definition) is 1. The molecule has 1 unspecified atom stereocenters. The van der Waals surface area contributed by atoms with Gasteiger partial charge >= 0.3 is 0 Å². The first-order valence-electron chi connectivity index (χ1n) is 7.93. The third kappa shape index (κ3) is 3.09. The molecule has 130 valence electrons. The van der Waals surface area contributed by atoms with Crippen LogP contribution in [0.5, 0.6) is 5.88 Å². The number of aromatic nitrogens is 2. The first-order chi connectivity index (χ1) is 11.5. The molecule has 1 aliphatic heterocycles. The van der Waals surface area contributed by atoms with Gasteiger partial charge < -0.3 is 20.1 Å². The lowest BCUT2D eigenvalue weighted by molar-refractivity contribution is 0.0713. The van der Waals surface area contributed by atoms with Crippen molar-refractivity contribution in [2.45, 2.75) is 32.4 Å². The van der Waals surface area contributed by atoms with Crippen LogP contribution in [0, 0.1) is 6.92 Å². The average Bonchev–Trinajstić information content (AvgIpc) is 2.90. The molecular formula is C16H22N4O3S. The standard InChI is InChI=1S/C16H22N4O3S/c1-9-12-14(23-3)18-11(8-22-2)19-15(12)24-13(9)16(21)20-6-4-5-10(17)7-20/h10H,4-8,17H2,1-3H3. The first kappa shape index (κ1) is 17.1. The van der Waals surface area contributed by atoms with Gasteiger partial charge in [-0.15, -0.1) is 11.3 Å². The molecule has 2 aromatic rings. The first-order valence-corrected chi connectivity index (χ1v) is 8.74. The second-order valence-corrected chi connectivity index (χ2v) is 6.97. The summed E-state index contributed by atoms with van der Waals surface area (Å²) in [5.41, 5.74) is 6.87. The average molecular weight is 350 g/mol. The second kappa shape index (κ2) is 7.00. The number of nitrogens with two attached hydrogens (primary N) is 1. The van der Waals surface area contributed by atoms with Crippen molar-refractivity contribution in [2.24, 2.45) is 5.73 Å². The fourth-order valence-corrected chi connectivity index (χ4v) is 4.19. The van der Waals surface area contributed by atoms with Crippen molar-refractivity contribution in [2.75, 3.05) is 27.3 Å². The third-order valence-corrected chi connectivity index (χ3v) is 5.38. The van der Waals surface area contributed by atoms with Gasteiger partial charge in [-0.3, -0.25) is 4.79 Å². The molecule has 1 aliphatic rings. The summed E-state index contributed by atoms with van der Waals surface area (Å²) in [5, 5.41) is 0.798. The van der Waals surface area contributed by atoms with Crippen LogP contribution in [-0.4, -0.2) is 54.1 Å². The van der Waals surface area contributed by atoms with Crippen molar-refractivity contribution in [1.29, 1.82) is 0 Å². The van der Waals surface area contributed by atoms with Crippen LogP contribution in [0.4, 0.5) is 0 Å². The number of carbonyl (C=O) groups excluding carboxylic acids is 1. The summed E-state index contributed by atoms with van der Waals surface area (Å²) < 4.78 is 10.5. The SMILES string of the molecule is COCc1nc(OC)c2c(C)c(C(=O)N3CCCC(N)C3)sc2n1. The Labute approximate surface area is 144 Å². The van der Waals surface area contributed by atoms with Gasteiger partial charge in [-0.05, 0) is 25.3 Å². The third-order valence-electron chi connectivity index (χ3n) is 4.21. The molecule has 0 aliphatic carbocycles. The van der Waals surface area contributed by atoms with Crippen LogP contribution < -0.4 is 10.5 Å². The molecule has 0 bridgehead atoms. The molecule has 24 heavy (non-hydrogen) atoms. The maximum Gasteiger partial charge on any atom is 0.264 e. The van der Waals surface area contributed by atoms with Crippen molar-refractivity contribution < 1.29 is 14.3 Å². The predicted octanol–water partition coefficient (Wildman–Crippen LogP) is 1.72. The smallest absolute Gasteiger partial charge is 0.264 e. The highest BCUT2D eigenvalue weighted by molar-refractivity contribution is 7.20. The van der Waals surface area contributed by atoms with Gasteiger partial charge in [-0.2, -0.15) is 4.98 Å². The number of fused-ring (bicyclic) bond motifs is 1. The van der Waals surface area contributed by atoms with E-state index in [9.17, 15) is 4.79 Å². The number of methoxy groups -OCH3 is 2. The number of piperidine rings is 1. The molecule has 0 spiro atoms. The summed E-state index contributed by atoms with van der Waals surface area (Å²) in [6.07, 6.45) is 1.91. The van der Waals surface area contributed by atoms with E-state index in [2.05, 4.69) is 9.97 Å². The van der Waals surface area contributed by atoms with E-state index in [4.69, 9.17) is 15.2 Å². The molecule has 1 atom stereocenters. The molecule has 3 rings (SSSR count). The summed E-state index contributed by atoms with van der Waals surface area (Å²) in [6.45, 7) is 3.56.